The fourth-order valence-electron chi connectivity index (χ4n) is 3.14. The van der Waals surface area contributed by atoms with Gasteiger partial charge in [0.1, 0.15) is 6.61 Å². The monoisotopic (exact) mass is 379 g/mol. The van der Waals surface area contributed by atoms with Crippen molar-refractivity contribution in [3.63, 3.8) is 0 Å². The Morgan fingerprint density at radius 2 is 1.48 bits per heavy atom. The van der Waals surface area contributed by atoms with E-state index in [4.69, 9.17) is 9.84 Å². The molecule has 0 bridgehead atoms. The van der Waals surface area contributed by atoms with Crippen molar-refractivity contribution in [2.24, 2.45) is 0 Å². The van der Waals surface area contributed by atoms with Gasteiger partial charge in [0.05, 0.1) is 5.69 Å². The average Bonchev–Trinajstić information content (AvgIpc) is 3.22. The molecule has 0 unspecified atom stereocenters. The van der Waals surface area contributed by atoms with Crippen LogP contribution in [0.25, 0.3) is 28.2 Å². The molecule has 0 atom stereocenters. The quantitative estimate of drug-likeness (QED) is 0.452. The third kappa shape index (κ3) is 3.43. The number of ether oxygens (including phenoxy) is 1. The molecule has 0 spiro atoms. The molecule has 3 heterocycles. The van der Waals surface area contributed by atoms with Gasteiger partial charge in [-0.3, -0.25) is 4.98 Å². The summed E-state index contributed by atoms with van der Waals surface area (Å²) in [6, 6.07) is 27.6. The number of benzene rings is 2. The fraction of sp³-hybridized carbons (Fsp3) is 0.0435. The Labute approximate surface area is 167 Å². The molecule has 140 valence electrons. The molecule has 5 rings (SSSR count). The Hall–Kier alpha value is -4.06. The molecular weight excluding hydrogens is 362 g/mol. The number of fused-ring (bicyclic) bond motifs is 1. The Balaban J connectivity index is 1.62. The molecule has 0 radical (unpaired) electrons. The first-order chi connectivity index (χ1) is 14.4. The van der Waals surface area contributed by atoms with Gasteiger partial charge in [0.2, 0.25) is 5.88 Å². The van der Waals surface area contributed by atoms with Crippen LogP contribution in [0.2, 0.25) is 0 Å². The zero-order valence-corrected chi connectivity index (χ0v) is 15.5. The summed E-state index contributed by atoms with van der Waals surface area (Å²) < 4.78 is 7.81. The molecule has 2 aromatic carbocycles. The highest BCUT2D eigenvalue weighted by atomic mass is 16.5. The minimum Gasteiger partial charge on any atom is -0.470 e. The first-order valence-electron chi connectivity index (χ1n) is 9.28. The van der Waals surface area contributed by atoms with Crippen molar-refractivity contribution in [2.75, 3.05) is 0 Å². The van der Waals surface area contributed by atoms with Gasteiger partial charge in [-0.1, -0.05) is 66.7 Å². The Kier molecular flexibility index (Phi) is 4.42. The summed E-state index contributed by atoms with van der Waals surface area (Å²) in [5.74, 6) is 1.18. The first kappa shape index (κ1) is 17.1. The van der Waals surface area contributed by atoms with Crippen molar-refractivity contribution in [3.05, 3.63) is 96.8 Å². The highest BCUT2D eigenvalue weighted by molar-refractivity contribution is 5.72. The lowest BCUT2D eigenvalue weighted by atomic mass is 10.1. The smallest absolute Gasteiger partial charge is 0.240 e. The van der Waals surface area contributed by atoms with Gasteiger partial charge in [-0.2, -0.15) is 4.52 Å². The first-order valence-corrected chi connectivity index (χ1v) is 9.28. The lowest BCUT2D eigenvalue weighted by Crippen LogP contribution is -2.05. The van der Waals surface area contributed by atoms with Gasteiger partial charge in [0, 0.05) is 17.3 Å². The summed E-state index contributed by atoms with van der Waals surface area (Å²) in [5.41, 5.74) is 4.30. The summed E-state index contributed by atoms with van der Waals surface area (Å²) >= 11 is 0. The highest BCUT2D eigenvalue weighted by Crippen LogP contribution is 2.30. The van der Waals surface area contributed by atoms with E-state index >= 15 is 0 Å². The maximum Gasteiger partial charge on any atom is 0.240 e. The highest BCUT2D eigenvalue weighted by Gasteiger charge is 2.16. The minimum absolute atomic E-state index is 0.321. The third-order valence-corrected chi connectivity index (χ3v) is 4.56. The van der Waals surface area contributed by atoms with Crippen molar-refractivity contribution < 1.29 is 4.74 Å². The van der Waals surface area contributed by atoms with Crippen LogP contribution >= 0.6 is 0 Å². The zero-order chi connectivity index (χ0) is 19.5. The molecule has 0 fully saturated rings. The van der Waals surface area contributed by atoms with E-state index in [1.807, 2.05) is 84.9 Å². The molecule has 0 aliphatic rings. The number of rotatable bonds is 5. The summed E-state index contributed by atoms with van der Waals surface area (Å²) in [5, 5.41) is 13.4. The summed E-state index contributed by atoms with van der Waals surface area (Å²) in [6.45, 7) is 0.321. The molecule has 6 heteroatoms. The number of aromatic nitrogens is 5. The minimum atomic E-state index is 0.321. The van der Waals surface area contributed by atoms with Crippen LogP contribution in [0.5, 0.6) is 5.88 Å². The molecule has 0 saturated carbocycles. The Morgan fingerprint density at radius 3 is 2.21 bits per heavy atom. The van der Waals surface area contributed by atoms with Gasteiger partial charge in [-0.25, -0.2) is 0 Å². The lowest BCUT2D eigenvalue weighted by Gasteiger charge is -2.11. The van der Waals surface area contributed by atoms with Crippen LogP contribution in [0.3, 0.4) is 0 Å². The van der Waals surface area contributed by atoms with Gasteiger partial charge in [-0.15, -0.1) is 15.3 Å². The molecule has 6 nitrogen and oxygen atoms in total. The van der Waals surface area contributed by atoms with Crippen LogP contribution in [0.15, 0.2) is 91.1 Å². The molecule has 0 aliphatic carbocycles. The van der Waals surface area contributed by atoms with E-state index in [2.05, 4.69) is 15.2 Å². The maximum absolute atomic E-state index is 6.10. The zero-order valence-electron chi connectivity index (χ0n) is 15.5. The van der Waals surface area contributed by atoms with E-state index in [9.17, 15) is 0 Å². The van der Waals surface area contributed by atoms with E-state index in [-0.39, 0.29) is 0 Å². The fourth-order valence-corrected chi connectivity index (χ4v) is 3.14. The van der Waals surface area contributed by atoms with Crippen LogP contribution in [-0.2, 0) is 6.61 Å². The van der Waals surface area contributed by atoms with Crippen LogP contribution in [0.4, 0.5) is 0 Å². The van der Waals surface area contributed by atoms with E-state index in [0.29, 0.717) is 24.0 Å². The van der Waals surface area contributed by atoms with Gasteiger partial charge >= 0.3 is 0 Å². The maximum atomic E-state index is 6.10. The van der Waals surface area contributed by atoms with E-state index in [1.165, 1.54) is 0 Å². The second-order valence-corrected chi connectivity index (χ2v) is 6.50. The van der Waals surface area contributed by atoms with Crippen molar-refractivity contribution in [1.82, 2.24) is 24.8 Å². The molecule has 29 heavy (non-hydrogen) atoms. The van der Waals surface area contributed by atoms with Crippen LogP contribution in [0.1, 0.15) is 5.69 Å². The number of hydrogen-bond donors (Lipinski definition) is 0. The van der Waals surface area contributed by atoms with Gasteiger partial charge in [-0.05, 0) is 23.8 Å². The molecule has 0 aliphatic heterocycles. The molecule has 0 amide bonds. The normalized spacial score (nSPS) is 10.9. The summed E-state index contributed by atoms with van der Waals surface area (Å²) in [4.78, 5) is 4.33. The predicted octanol–water partition coefficient (Wildman–Crippen LogP) is 4.43. The Morgan fingerprint density at radius 1 is 0.759 bits per heavy atom. The molecule has 0 N–H and O–H groups in total. The molecule has 5 aromatic rings. The number of nitrogens with zero attached hydrogens (tertiary/aromatic N) is 5. The number of hydrogen-bond acceptors (Lipinski definition) is 5. The standard InChI is InChI=1S/C23H17N5O/c1-3-9-17(10-4-1)20-15-21-25-26-22(18-11-5-2-6-12-18)28(21)27-23(20)29-16-19-13-7-8-14-24-19/h1-15H,16H2. The Bertz CT molecular complexity index is 1240. The van der Waals surface area contributed by atoms with Gasteiger partial charge in [0.25, 0.3) is 0 Å². The van der Waals surface area contributed by atoms with Crippen LogP contribution < -0.4 is 4.74 Å². The summed E-state index contributed by atoms with van der Waals surface area (Å²) in [7, 11) is 0. The average molecular weight is 379 g/mol. The van der Waals surface area contributed by atoms with Gasteiger partial charge < -0.3 is 4.74 Å². The summed E-state index contributed by atoms with van der Waals surface area (Å²) in [6.07, 6.45) is 1.75. The van der Waals surface area contributed by atoms with Crippen molar-refractivity contribution in [1.29, 1.82) is 0 Å². The topological polar surface area (TPSA) is 65.2 Å². The van der Waals surface area contributed by atoms with Crippen molar-refractivity contribution in [2.45, 2.75) is 6.61 Å². The van der Waals surface area contributed by atoms with Crippen molar-refractivity contribution in [3.8, 4) is 28.4 Å². The second-order valence-electron chi connectivity index (χ2n) is 6.50. The van der Waals surface area contributed by atoms with Gasteiger partial charge in [0.15, 0.2) is 11.5 Å². The molecule has 0 saturated heterocycles. The third-order valence-electron chi connectivity index (χ3n) is 4.56. The largest absolute Gasteiger partial charge is 0.470 e. The van der Waals surface area contributed by atoms with E-state index in [1.54, 1.807) is 10.7 Å². The predicted molar refractivity (Wildman–Crippen MR) is 110 cm³/mol. The lowest BCUT2D eigenvalue weighted by molar-refractivity contribution is 0.286. The SMILES string of the molecule is c1ccc(-c2cc3nnc(-c4ccccc4)n3nc2OCc2ccccn2)cc1. The second kappa shape index (κ2) is 7.52. The van der Waals surface area contributed by atoms with Crippen LogP contribution in [0, 0.1) is 0 Å². The van der Waals surface area contributed by atoms with E-state index < -0.39 is 0 Å². The molecule has 3 aromatic heterocycles. The van der Waals surface area contributed by atoms with Crippen LogP contribution in [-0.4, -0.2) is 24.8 Å². The van der Waals surface area contributed by atoms with Crippen molar-refractivity contribution >= 4 is 5.65 Å². The number of pyridine rings is 1. The van der Waals surface area contributed by atoms with E-state index in [0.717, 1.165) is 22.4 Å². The molecular formula is C23H17N5O.